The van der Waals surface area contributed by atoms with E-state index in [0.717, 1.165) is 11.3 Å². The number of rotatable bonds is 2. The third-order valence-corrected chi connectivity index (χ3v) is 3.86. The van der Waals surface area contributed by atoms with Gasteiger partial charge in [-0.15, -0.1) is 0 Å². The van der Waals surface area contributed by atoms with Crippen LogP contribution in [0.1, 0.15) is 43.8 Å². The molecular formula is C13H18IN3O3. The van der Waals surface area contributed by atoms with E-state index < -0.39 is 11.6 Å². The molecule has 1 aliphatic heterocycles. The topological polar surface area (TPSA) is 77.9 Å². The van der Waals surface area contributed by atoms with Gasteiger partial charge in [-0.25, -0.2) is 4.99 Å². The van der Waals surface area contributed by atoms with E-state index >= 15 is 0 Å². The molecule has 0 bridgehead atoms. The van der Waals surface area contributed by atoms with E-state index in [1.165, 1.54) is 0 Å². The lowest BCUT2D eigenvalue weighted by Gasteiger charge is -2.23. The Morgan fingerprint density at radius 2 is 2.25 bits per heavy atom. The number of halogens is 1. The lowest BCUT2D eigenvalue weighted by molar-refractivity contribution is -0.154. The third-order valence-electron chi connectivity index (χ3n) is 3.09. The first-order valence-electron chi connectivity index (χ1n) is 6.26. The summed E-state index contributed by atoms with van der Waals surface area (Å²) in [6.45, 7) is 7.42. The van der Waals surface area contributed by atoms with Gasteiger partial charge in [0.25, 0.3) is 0 Å². The predicted octanol–water partition coefficient (Wildman–Crippen LogP) is 2.73. The van der Waals surface area contributed by atoms with Crippen LogP contribution in [-0.2, 0) is 16.1 Å². The number of fused-ring (bicyclic) bond motifs is 1. The molecule has 0 saturated carbocycles. The Morgan fingerprint density at radius 3 is 2.85 bits per heavy atom. The molecule has 6 nitrogen and oxygen atoms in total. The van der Waals surface area contributed by atoms with Gasteiger partial charge in [-0.05, 0) is 27.7 Å². The van der Waals surface area contributed by atoms with E-state index in [1.807, 2.05) is 29.8 Å². The van der Waals surface area contributed by atoms with Gasteiger partial charge in [-0.1, -0.05) is 0 Å². The molecule has 1 unspecified atom stereocenters. The number of aliphatic hydroxyl groups is 1. The summed E-state index contributed by atoms with van der Waals surface area (Å²) in [6, 6.07) is 0. The summed E-state index contributed by atoms with van der Waals surface area (Å²) in [7, 11) is 0. The number of nitrogens with zero attached hydrogens (tertiary/aromatic N) is 2. The zero-order valence-electron chi connectivity index (χ0n) is 11.9. The van der Waals surface area contributed by atoms with E-state index in [0.29, 0.717) is 11.4 Å². The van der Waals surface area contributed by atoms with E-state index in [2.05, 4.69) is 9.98 Å². The number of carbonyl (C=O) groups excluding carboxylic acids is 1. The van der Waals surface area contributed by atoms with Crippen molar-refractivity contribution in [1.82, 2.24) is 8.10 Å². The summed E-state index contributed by atoms with van der Waals surface area (Å²) in [4.78, 5) is 19.2. The van der Waals surface area contributed by atoms with Crippen molar-refractivity contribution < 1.29 is 14.6 Å². The first-order valence-corrected chi connectivity index (χ1v) is 7.23. The zero-order chi connectivity index (χ0) is 15.1. The number of aromatic amines is 1. The molecule has 110 valence electrons. The van der Waals surface area contributed by atoms with Crippen molar-refractivity contribution in [3.8, 4) is 0 Å². The minimum Gasteiger partial charge on any atom is -0.460 e. The molecule has 0 radical (unpaired) electrons. The average molecular weight is 391 g/mol. The van der Waals surface area contributed by atoms with Gasteiger partial charge in [0.2, 0.25) is 0 Å². The average Bonchev–Trinajstić information content (AvgIpc) is 2.66. The standard InChI is InChI=1S/C13H18IN3O3/c1-7-8(5-20-12(19)13(2,3)4)9-10(16-7)15-6-17(14)11(9)18/h6,11,16,18H,5H2,1-4H3. The molecular weight excluding hydrogens is 373 g/mol. The maximum absolute atomic E-state index is 11.8. The number of esters is 1. The molecule has 1 aromatic heterocycles. The van der Waals surface area contributed by atoms with Gasteiger partial charge in [0, 0.05) is 11.3 Å². The van der Waals surface area contributed by atoms with Crippen LogP contribution in [0.4, 0.5) is 5.82 Å². The highest BCUT2D eigenvalue weighted by molar-refractivity contribution is 14.1. The van der Waals surface area contributed by atoms with Gasteiger partial charge in [0.15, 0.2) is 6.23 Å². The summed E-state index contributed by atoms with van der Waals surface area (Å²) in [5, 5.41) is 10.2. The molecule has 1 aromatic rings. The smallest absolute Gasteiger partial charge is 0.311 e. The van der Waals surface area contributed by atoms with Crippen molar-refractivity contribution >= 4 is 41.0 Å². The summed E-state index contributed by atoms with van der Waals surface area (Å²) >= 11 is 1.97. The quantitative estimate of drug-likeness (QED) is 0.462. The molecule has 7 heteroatoms. The van der Waals surface area contributed by atoms with E-state index in [4.69, 9.17) is 4.74 Å². The molecule has 0 amide bonds. The summed E-state index contributed by atoms with van der Waals surface area (Å²) in [6.07, 6.45) is 0.755. The second-order valence-corrected chi connectivity index (χ2v) is 6.89. The van der Waals surface area contributed by atoms with Crippen molar-refractivity contribution in [1.29, 1.82) is 0 Å². The molecule has 1 aliphatic rings. The predicted molar refractivity (Wildman–Crippen MR) is 83.8 cm³/mol. The Hall–Kier alpha value is -1.09. The number of aliphatic imine (C=N–C) groups is 1. The van der Waals surface area contributed by atoms with Crippen LogP contribution in [-0.4, -0.2) is 25.5 Å². The number of hydrogen-bond acceptors (Lipinski definition) is 5. The number of aromatic nitrogens is 1. The van der Waals surface area contributed by atoms with Crippen LogP contribution in [0, 0.1) is 12.3 Å². The Labute approximate surface area is 131 Å². The molecule has 0 saturated heterocycles. The Bertz CT molecular complexity index is 560. The number of hydrogen-bond donors (Lipinski definition) is 2. The third kappa shape index (κ3) is 2.83. The number of carbonyl (C=O) groups is 1. The second kappa shape index (κ2) is 5.36. The highest BCUT2D eigenvalue weighted by atomic mass is 127. The fourth-order valence-electron chi connectivity index (χ4n) is 1.88. The lowest BCUT2D eigenvalue weighted by atomic mass is 9.97. The fourth-order valence-corrected chi connectivity index (χ4v) is 2.29. The Kier molecular flexibility index (Phi) is 4.10. The van der Waals surface area contributed by atoms with Crippen molar-refractivity contribution in [2.45, 2.75) is 40.5 Å². The summed E-state index contributed by atoms with van der Waals surface area (Å²) in [5.74, 6) is 0.344. The van der Waals surface area contributed by atoms with E-state index in [9.17, 15) is 9.90 Å². The van der Waals surface area contributed by atoms with Gasteiger partial charge < -0.3 is 14.8 Å². The van der Waals surface area contributed by atoms with Gasteiger partial charge >= 0.3 is 5.97 Å². The van der Waals surface area contributed by atoms with E-state index in [-0.39, 0.29) is 12.6 Å². The normalized spacial score (nSPS) is 18.1. The van der Waals surface area contributed by atoms with E-state index in [1.54, 1.807) is 30.2 Å². The number of ether oxygens (including phenoxy) is 1. The minimum absolute atomic E-state index is 0.130. The van der Waals surface area contributed by atoms with Gasteiger partial charge in [-0.3, -0.25) is 7.91 Å². The summed E-state index contributed by atoms with van der Waals surface area (Å²) in [5.41, 5.74) is 1.75. The Morgan fingerprint density at radius 1 is 1.60 bits per heavy atom. The maximum Gasteiger partial charge on any atom is 0.311 e. The Balaban J connectivity index is 2.24. The highest BCUT2D eigenvalue weighted by Crippen LogP contribution is 2.37. The molecule has 0 spiro atoms. The van der Waals surface area contributed by atoms with Crippen LogP contribution in [0.15, 0.2) is 4.99 Å². The van der Waals surface area contributed by atoms with Gasteiger partial charge in [-0.2, -0.15) is 0 Å². The first kappa shape index (κ1) is 15.3. The zero-order valence-corrected chi connectivity index (χ0v) is 14.1. The van der Waals surface area contributed by atoms with Crippen LogP contribution in [0.2, 0.25) is 0 Å². The fraction of sp³-hybridized carbons (Fsp3) is 0.538. The largest absolute Gasteiger partial charge is 0.460 e. The lowest BCUT2D eigenvalue weighted by Crippen LogP contribution is -2.24. The maximum atomic E-state index is 11.8. The van der Waals surface area contributed by atoms with Crippen molar-refractivity contribution in [2.24, 2.45) is 10.4 Å². The molecule has 0 aliphatic carbocycles. The molecule has 20 heavy (non-hydrogen) atoms. The molecule has 1 atom stereocenters. The highest BCUT2D eigenvalue weighted by Gasteiger charge is 2.29. The van der Waals surface area contributed by atoms with Crippen LogP contribution < -0.4 is 0 Å². The van der Waals surface area contributed by atoms with Crippen LogP contribution in [0.5, 0.6) is 0 Å². The number of aryl methyl sites for hydroxylation is 1. The number of aliphatic hydroxyl groups excluding tert-OH is 1. The van der Waals surface area contributed by atoms with Crippen LogP contribution in [0.3, 0.4) is 0 Å². The summed E-state index contributed by atoms with van der Waals surface area (Å²) < 4.78 is 6.91. The van der Waals surface area contributed by atoms with Crippen LogP contribution >= 0.6 is 22.9 Å². The SMILES string of the molecule is Cc1[nH]c2c(c1COC(=O)C(C)(C)C)C(O)N(I)C=N2. The van der Waals surface area contributed by atoms with Crippen molar-refractivity contribution in [2.75, 3.05) is 0 Å². The van der Waals surface area contributed by atoms with Crippen LogP contribution in [0.25, 0.3) is 0 Å². The minimum atomic E-state index is -0.795. The van der Waals surface area contributed by atoms with Gasteiger partial charge in [0.1, 0.15) is 18.8 Å². The monoisotopic (exact) mass is 391 g/mol. The number of H-pyrrole nitrogens is 1. The number of nitrogens with one attached hydrogen (secondary N) is 1. The molecule has 2 rings (SSSR count). The van der Waals surface area contributed by atoms with Crippen molar-refractivity contribution in [3.05, 3.63) is 16.8 Å². The van der Waals surface area contributed by atoms with Crippen molar-refractivity contribution in [3.63, 3.8) is 0 Å². The molecule has 2 N–H and O–H groups in total. The second-order valence-electron chi connectivity index (χ2n) is 5.78. The first-order chi connectivity index (χ1) is 9.21. The molecule has 0 fully saturated rings. The molecule has 2 heterocycles. The molecule has 0 aromatic carbocycles. The van der Waals surface area contributed by atoms with Gasteiger partial charge in [0.05, 0.1) is 33.8 Å².